The summed E-state index contributed by atoms with van der Waals surface area (Å²) in [5, 5.41) is 8.83. The molecule has 1 atom stereocenters. The third kappa shape index (κ3) is 3.12. The zero-order chi connectivity index (χ0) is 14.7. The van der Waals surface area contributed by atoms with E-state index in [1.165, 1.54) is 0 Å². The molecule has 0 bridgehead atoms. The lowest BCUT2D eigenvalue weighted by atomic mass is 10.0. The van der Waals surface area contributed by atoms with Gasteiger partial charge in [0.05, 0.1) is 23.6 Å². The van der Waals surface area contributed by atoms with Crippen LogP contribution < -0.4 is 5.73 Å². The van der Waals surface area contributed by atoms with E-state index in [0.717, 1.165) is 22.0 Å². The monoisotopic (exact) mass is 298 g/mol. The molecule has 5 heteroatoms. The normalized spacial score (nSPS) is 12.3. The van der Waals surface area contributed by atoms with Crippen LogP contribution in [0.1, 0.15) is 17.3 Å². The van der Waals surface area contributed by atoms with E-state index in [-0.39, 0.29) is 6.04 Å². The minimum absolute atomic E-state index is 0.196. The third-order valence-corrected chi connectivity index (χ3v) is 3.54. The van der Waals surface area contributed by atoms with E-state index >= 15 is 0 Å². The minimum atomic E-state index is -0.196. The number of para-hydroxylation sites is 1. The number of benzene rings is 2. The summed E-state index contributed by atoms with van der Waals surface area (Å²) in [6.07, 6.45) is 2.39. The van der Waals surface area contributed by atoms with Gasteiger partial charge in [0, 0.05) is 5.02 Å². The molecule has 4 nitrogen and oxygen atoms in total. The Kier molecular flexibility index (Phi) is 3.99. The zero-order valence-corrected chi connectivity index (χ0v) is 12.1. The number of hydrogen-bond acceptors (Lipinski definition) is 3. The van der Waals surface area contributed by atoms with Gasteiger partial charge >= 0.3 is 0 Å². The van der Waals surface area contributed by atoms with E-state index in [4.69, 9.17) is 17.3 Å². The van der Waals surface area contributed by atoms with E-state index < -0.39 is 0 Å². The fraction of sp³-hybridized carbons (Fsp3) is 0.125. The van der Waals surface area contributed by atoms with Crippen LogP contribution in [-0.4, -0.2) is 15.0 Å². The Morgan fingerprint density at radius 3 is 2.67 bits per heavy atom. The van der Waals surface area contributed by atoms with E-state index in [9.17, 15) is 0 Å². The molecule has 0 aliphatic carbocycles. The smallest absolute Gasteiger partial charge is 0.0816 e. The van der Waals surface area contributed by atoms with Crippen molar-refractivity contribution in [1.29, 1.82) is 0 Å². The first kappa shape index (κ1) is 13.8. The molecule has 0 aliphatic heterocycles. The van der Waals surface area contributed by atoms with Gasteiger partial charge in [-0.25, -0.2) is 4.68 Å². The van der Waals surface area contributed by atoms with Gasteiger partial charge < -0.3 is 5.73 Å². The minimum Gasteiger partial charge on any atom is -0.322 e. The van der Waals surface area contributed by atoms with Crippen LogP contribution in [0.2, 0.25) is 5.02 Å². The Bertz CT molecular complexity index is 724. The molecule has 0 saturated heterocycles. The number of rotatable bonds is 4. The molecule has 21 heavy (non-hydrogen) atoms. The van der Waals surface area contributed by atoms with Crippen LogP contribution in [0.3, 0.4) is 0 Å². The largest absolute Gasteiger partial charge is 0.322 e. The van der Waals surface area contributed by atoms with Crippen LogP contribution in [0.5, 0.6) is 0 Å². The van der Waals surface area contributed by atoms with Crippen molar-refractivity contribution < 1.29 is 0 Å². The second-order valence-corrected chi connectivity index (χ2v) is 5.28. The summed E-state index contributed by atoms with van der Waals surface area (Å²) in [5.41, 5.74) is 9.24. The molecule has 2 aromatic carbocycles. The predicted molar refractivity (Wildman–Crippen MR) is 83.4 cm³/mol. The topological polar surface area (TPSA) is 56.7 Å². The van der Waals surface area contributed by atoms with E-state index in [0.29, 0.717) is 6.42 Å². The summed E-state index contributed by atoms with van der Waals surface area (Å²) in [7, 11) is 0. The molecule has 2 N–H and O–H groups in total. The third-order valence-electron chi connectivity index (χ3n) is 3.30. The highest BCUT2D eigenvalue weighted by Crippen LogP contribution is 2.20. The van der Waals surface area contributed by atoms with Gasteiger partial charge in [0.15, 0.2) is 0 Å². The number of nitrogens with two attached hydrogens (primary N) is 1. The Labute approximate surface area is 128 Å². The van der Waals surface area contributed by atoms with E-state index in [1.807, 2.05) is 54.6 Å². The lowest BCUT2D eigenvalue weighted by Gasteiger charge is -2.13. The van der Waals surface area contributed by atoms with Crippen LogP contribution in [0.25, 0.3) is 5.69 Å². The first-order chi connectivity index (χ1) is 10.2. The van der Waals surface area contributed by atoms with Gasteiger partial charge in [-0.1, -0.05) is 47.1 Å². The zero-order valence-electron chi connectivity index (χ0n) is 11.4. The molecule has 0 amide bonds. The second-order valence-electron chi connectivity index (χ2n) is 4.85. The van der Waals surface area contributed by atoms with E-state index in [1.54, 1.807) is 10.9 Å². The van der Waals surface area contributed by atoms with Crippen molar-refractivity contribution in [2.45, 2.75) is 12.5 Å². The molecule has 0 radical (unpaired) electrons. The molecule has 0 fully saturated rings. The average molecular weight is 299 g/mol. The second kappa shape index (κ2) is 6.08. The van der Waals surface area contributed by atoms with Crippen molar-refractivity contribution in [2.75, 3.05) is 0 Å². The predicted octanol–water partition coefficient (Wildman–Crippen LogP) is 3.16. The number of halogens is 1. The summed E-state index contributed by atoms with van der Waals surface area (Å²) < 4.78 is 1.77. The molecule has 106 valence electrons. The van der Waals surface area contributed by atoms with Crippen molar-refractivity contribution in [2.24, 2.45) is 5.73 Å². The lowest BCUT2D eigenvalue weighted by Crippen LogP contribution is -2.17. The quantitative estimate of drug-likeness (QED) is 0.805. The maximum absolute atomic E-state index is 6.32. The Morgan fingerprint density at radius 2 is 1.90 bits per heavy atom. The number of nitrogens with zero attached hydrogens (tertiary/aromatic N) is 3. The van der Waals surface area contributed by atoms with Gasteiger partial charge in [-0.3, -0.25) is 0 Å². The molecule has 3 rings (SSSR count). The molecular weight excluding hydrogens is 284 g/mol. The Balaban J connectivity index is 1.86. The highest BCUT2D eigenvalue weighted by Gasteiger charge is 2.14. The lowest BCUT2D eigenvalue weighted by molar-refractivity contribution is 0.649. The molecule has 3 aromatic rings. The molecular formula is C16H15ClN4. The fourth-order valence-electron chi connectivity index (χ4n) is 2.29. The maximum atomic E-state index is 6.32. The van der Waals surface area contributed by atoms with Crippen LogP contribution in [0.15, 0.2) is 60.8 Å². The van der Waals surface area contributed by atoms with Gasteiger partial charge in [-0.05, 0) is 36.2 Å². The summed E-state index contributed by atoms with van der Waals surface area (Å²) in [5.74, 6) is 0. The van der Waals surface area contributed by atoms with Crippen LogP contribution in [0, 0.1) is 0 Å². The van der Waals surface area contributed by atoms with E-state index in [2.05, 4.69) is 10.3 Å². The van der Waals surface area contributed by atoms with Crippen LogP contribution in [-0.2, 0) is 6.42 Å². The molecule has 1 unspecified atom stereocenters. The molecule has 1 heterocycles. The van der Waals surface area contributed by atoms with Crippen molar-refractivity contribution in [3.05, 3.63) is 77.1 Å². The molecule has 0 aliphatic rings. The first-order valence-corrected chi connectivity index (χ1v) is 7.08. The molecule has 1 aromatic heterocycles. The maximum Gasteiger partial charge on any atom is 0.0816 e. The van der Waals surface area contributed by atoms with Crippen molar-refractivity contribution >= 4 is 11.6 Å². The number of aromatic nitrogens is 3. The van der Waals surface area contributed by atoms with Crippen molar-refractivity contribution in [3.63, 3.8) is 0 Å². The molecule has 0 saturated carbocycles. The summed E-state index contributed by atoms with van der Waals surface area (Å²) >= 11 is 6.01. The summed E-state index contributed by atoms with van der Waals surface area (Å²) in [6, 6.07) is 17.4. The SMILES string of the molecule is NC(Cc1cccc(Cl)c1)c1cnnn1-c1ccccc1. The van der Waals surface area contributed by atoms with Gasteiger partial charge in [-0.2, -0.15) is 0 Å². The van der Waals surface area contributed by atoms with Crippen molar-refractivity contribution in [1.82, 2.24) is 15.0 Å². The Hall–Kier alpha value is -2.17. The highest BCUT2D eigenvalue weighted by molar-refractivity contribution is 6.30. The highest BCUT2D eigenvalue weighted by atomic mass is 35.5. The standard InChI is InChI=1S/C16H15ClN4/c17-13-6-4-5-12(9-13)10-15(18)16-11-19-20-21(16)14-7-2-1-3-8-14/h1-9,11,15H,10,18H2. The summed E-state index contributed by atoms with van der Waals surface area (Å²) in [6.45, 7) is 0. The average Bonchev–Trinajstić information content (AvgIpc) is 2.98. The summed E-state index contributed by atoms with van der Waals surface area (Å²) in [4.78, 5) is 0. The fourth-order valence-corrected chi connectivity index (χ4v) is 2.50. The Morgan fingerprint density at radius 1 is 1.10 bits per heavy atom. The van der Waals surface area contributed by atoms with Gasteiger partial charge in [-0.15, -0.1) is 5.10 Å². The van der Waals surface area contributed by atoms with Gasteiger partial charge in [0.25, 0.3) is 0 Å². The van der Waals surface area contributed by atoms with Crippen LogP contribution in [0.4, 0.5) is 0 Å². The number of hydrogen-bond donors (Lipinski definition) is 1. The van der Waals surface area contributed by atoms with Crippen LogP contribution >= 0.6 is 11.6 Å². The van der Waals surface area contributed by atoms with Crippen molar-refractivity contribution in [3.8, 4) is 5.69 Å². The molecule has 0 spiro atoms. The van der Waals surface area contributed by atoms with Gasteiger partial charge in [0.1, 0.15) is 0 Å². The van der Waals surface area contributed by atoms with Gasteiger partial charge in [0.2, 0.25) is 0 Å². The first-order valence-electron chi connectivity index (χ1n) is 6.70.